The molecule has 0 spiro atoms. The molecule has 1 aromatic carbocycles. The molecule has 0 fully saturated rings. The molecule has 1 aromatic rings. The molecule has 21 heavy (non-hydrogen) atoms. The van der Waals surface area contributed by atoms with Crippen LogP contribution in [0.2, 0.25) is 0 Å². The summed E-state index contributed by atoms with van der Waals surface area (Å²) >= 11 is 3.56. The highest BCUT2D eigenvalue weighted by molar-refractivity contribution is 9.10. The normalized spacial score (nSPS) is 13.4. The summed E-state index contributed by atoms with van der Waals surface area (Å²) in [5.41, 5.74) is 1.20. The number of fused-ring (bicyclic) bond motifs is 1. The first kappa shape index (κ1) is 18.6. The van der Waals surface area contributed by atoms with Crippen LogP contribution in [0.15, 0.2) is 16.6 Å². The summed E-state index contributed by atoms with van der Waals surface area (Å²) in [6, 6.07) is 4.16. The zero-order valence-electron chi connectivity index (χ0n) is 12.3. The maximum atomic E-state index is 5.73. The Balaban J connectivity index is 0.00000220. The van der Waals surface area contributed by atoms with Gasteiger partial charge in [0.05, 0.1) is 17.7 Å². The third-order valence-electron chi connectivity index (χ3n) is 3.14. The first-order chi connectivity index (χ1) is 9.81. The van der Waals surface area contributed by atoms with Gasteiger partial charge in [-0.3, -0.25) is 0 Å². The Morgan fingerprint density at radius 1 is 1.24 bits per heavy atom. The second-order valence-corrected chi connectivity index (χ2v) is 5.69. The molecule has 0 amide bonds. The lowest BCUT2D eigenvalue weighted by Crippen LogP contribution is -2.15. The minimum absolute atomic E-state index is 0. The van der Waals surface area contributed by atoms with Gasteiger partial charge in [-0.25, -0.2) is 0 Å². The number of ether oxygens (including phenoxy) is 3. The van der Waals surface area contributed by atoms with E-state index in [9.17, 15) is 0 Å². The molecule has 0 radical (unpaired) electrons. The number of halogens is 2. The fourth-order valence-electron chi connectivity index (χ4n) is 2.12. The van der Waals surface area contributed by atoms with E-state index in [1.54, 1.807) is 7.11 Å². The van der Waals surface area contributed by atoms with E-state index in [0.717, 1.165) is 54.9 Å². The summed E-state index contributed by atoms with van der Waals surface area (Å²) in [6.07, 6.45) is 3.14. The van der Waals surface area contributed by atoms with Crippen molar-refractivity contribution in [1.82, 2.24) is 5.32 Å². The first-order valence-corrected chi connectivity index (χ1v) is 7.88. The van der Waals surface area contributed by atoms with Crippen LogP contribution in [0.4, 0.5) is 0 Å². The Hall–Kier alpha value is -0.490. The van der Waals surface area contributed by atoms with Crippen molar-refractivity contribution in [3.63, 3.8) is 0 Å². The van der Waals surface area contributed by atoms with Gasteiger partial charge in [0.1, 0.15) is 0 Å². The maximum absolute atomic E-state index is 5.73. The van der Waals surface area contributed by atoms with E-state index >= 15 is 0 Å². The fourth-order valence-corrected chi connectivity index (χ4v) is 2.72. The lowest BCUT2D eigenvalue weighted by Gasteiger charge is -2.12. The van der Waals surface area contributed by atoms with Gasteiger partial charge in [0, 0.05) is 26.7 Å². The van der Waals surface area contributed by atoms with Crippen molar-refractivity contribution < 1.29 is 14.2 Å². The molecule has 0 saturated heterocycles. The van der Waals surface area contributed by atoms with E-state index in [1.165, 1.54) is 5.56 Å². The number of benzene rings is 1. The van der Waals surface area contributed by atoms with Crippen molar-refractivity contribution in [2.45, 2.75) is 25.8 Å². The van der Waals surface area contributed by atoms with Gasteiger partial charge in [0.2, 0.25) is 0 Å². The van der Waals surface area contributed by atoms with Crippen LogP contribution in [0.3, 0.4) is 0 Å². The standard InChI is InChI=1S/C15H22BrNO3.ClH/c1-18-6-3-2-5-17-11-12-9-13(16)15-14(10-12)19-7-4-8-20-15;/h9-10,17H,2-8,11H2,1H3;1H. The molecule has 0 aromatic heterocycles. The Bertz CT molecular complexity index is 432. The fraction of sp³-hybridized carbons (Fsp3) is 0.600. The Morgan fingerprint density at radius 2 is 2.05 bits per heavy atom. The van der Waals surface area contributed by atoms with Gasteiger partial charge in [-0.1, -0.05) is 0 Å². The average molecular weight is 381 g/mol. The van der Waals surface area contributed by atoms with Crippen molar-refractivity contribution >= 4 is 28.3 Å². The highest BCUT2D eigenvalue weighted by Crippen LogP contribution is 2.38. The minimum Gasteiger partial charge on any atom is -0.490 e. The molecular formula is C15H23BrClNO3. The number of hydrogen-bond donors (Lipinski definition) is 1. The predicted octanol–water partition coefficient (Wildman–Crippen LogP) is 3.55. The summed E-state index contributed by atoms with van der Waals surface area (Å²) in [4.78, 5) is 0. The van der Waals surface area contributed by atoms with Crippen molar-refractivity contribution in [3.05, 3.63) is 22.2 Å². The van der Waals surface area contributed by atoms with Crippen molar-refractivity contribution in [3.8, 4) is 11.5 Å². The molecule has 0 bridgehead atoms. The second kappa shape index (κ2) is 10.3. The van der Waals surface area contributed by atoms with Gasteiger partial charge in [-0.15, -0.1) is 12.4 Å². The Kier molecular flexibility index (Phi) is 9.08. The summed E-state index contributed by atoms with van der Waals surface area (Å²) in [5.74, 6) is 1.67. The van der Waals surface area contributed by atoms with Gasteiger partial charge in [-0.2, -0.15) is 0 Å². The van der Waals surface area contributed by atoms with E-state index in [1.807, 2.05) is 0 Å². The lowest BCUT2D eigenvalue weighted by molar-refractivity contribution is 0.192. The molecule has 0 aliphatic carbocycles. The smallest absolute Gasteiger partial charge is 0.175 e. The van der Waals surface area contributed by atoms with Crippen LogP contribution >= 0.6 is 28.3 Å². The van der Waals surface area contributed by atoms with Crippen molar-refractivity contribution in [2.75, 3.05) is 33.5 Å². The van der Waals surface area contributed by atoms with Gasteiger partial charge < -0.3 is 19.5 Å². The molecule has 1 aliphatic rings. The maximum Gasteiger partial charge on any atom is 0.175 e. The molecule has 1 N–H and O–H groups in total. The monoisotopic (exact) mass is 379 g/mol. The Labute approximate surface area is 141 Å². The SMILES string of the molecule is COCCCCNCc1cc(Br)c2c(c1)OCCCO2.Cl. The Morgan fingerprint density at radius 3 is 2.86 bits per heavy atom. The predicted molar refractivity (Wildman–Crippen MR) is 89.8 cm³/mol. The van der Waals surface area contributed by atoms with Crippen LogP contribution in [0, 0.1) is 0 Å². The van der Waals surface area contributed by atoms with Crippen LogP contribution in [0.25, 0.3) is 0 Å². The van der Waals surface area contributed by atoms with E-state index in [0.29, 0.717) is 13.2 Å². The summed E-state index contributed by atoms with van der Waals surface area (Å²) in [7, 11) is 1.74. The van der Waals surface area contributed by atoms with Crippen molar-refractivity contribution in [1.29, 1.82) is 0 Å². The number of methoxy groups -OCH3 is 1. The third kappa shape index (κ3) is 6.02. The van der Waals surface area contributed by atoms with Crippen molar-refractivity contribution in [2.24, 2.45) is 0 Å². The van der Waals surface area contributed by atoms with Crippen LogP contribution in [0.1, 0.15) is 24.8 Å². The molecule has 0 atom stereocenters. The highest BCUT2D eigenvalue weighted by atomic mass is 79.9. The quantitative estimate of drug-likeness (QED) is 0.734. The zero-order valence-corrected chi connectivity index (χ0v) is 14.7. The highest BCUT2D eigenvalue weighted by Gasteiger charge is 2.14. The molecule has 0 unspecified atom stereocenters. The molecule has 6 heteroatoms. The largest absolute Gasteiger partial charge is 0.490 e. The summed E-state index contributed by atoms with van der Waals surface area (Å²) < 4.78 is 17.4. The van der Waals surface area contributed by atoms with Crippen LogP contribution in [-0.2, 0) is 11.3 Å². The molecule has 2 rings (SSSR count). The molecule has 0 saturated carbocycles. The van der Waals surface area contributed by atoms with Crippen LogP contribution in [0.5, 0.6) is 11.5 Å². The molecule has 120 valence electrons. The van der Waals surface area contributed by atoms with E-state index < -0.39 is 0 Å². The van der Waals surface area contributed by atoms with Gasteiger partial charge in [0.15, 0.2) is 11.5 Å². The van der Waals surface area contributed by atoms with Crippen LogP contribution < -0.4 is 14.8 Å². The number of nitrogens with one attached hydrogen (secondary N) is 1. The molecular weight excluding hydrogens is 358 g/mol. The molecule has 4 nitrogen and oxygen atoms in total. The van der Waals surface area contributed by atoms with Gasteiger partial charge in [-0.05, 0) is 53.0 Å². The average Bonchev–Trinajstić information content (AvgIpc) is 2.68. The van der Waals surface area contributed by atoms with E-state index in [-0.39, 0.29) is 12.4 Å². The molecule has 1 aliphatic heterocycles. The third-order valence-corrected chi connectivity index (χ3v) is 3.73. The number of rotatable bonds is 7. The van der Waals surface area contributed by atoms with E-state index in [4.69, 9.17) is 14.2 Å². The lowest BCUT2D eigenvalue weighted by atomic mass is 10.2. The topological polar surface area (TPSA) is 39.7 Å². The molecule has 1 heterocycles. The van der Waals surface area contributed by atoms with Crippen LogP contribution in [-0.4, -0.2) is 33.5 Å². The zero-order chi connectivity index (χ0) is 14.2. The van der Waals surface area contributed by atoms with Gasteiger partial charge >= 0.3 is 0 Å². The minimum atomic E-state index is 0. The number of hydrogen-bond acceptors (Lipinski definition) is 4. The second-order valence-electron chi connectivity index (χ2n) is 4.83. The number of unbranched alkanes of at least 4 members (excludes halogenated alkanes) is 1. The first-order valence-electron chi connectivity index (χ1n) is 7.09. The van der Waals surface area contributed by atoms with Gasteiger partial charge in [0.25, 0.3) is 0 Å². The summed E-state index contributed by atoms with van der Waals surface area (Å²) in [6.45, 7) is 4.09. The summed E-state index contributed by atoms with van der Waals surface area (Å²) in [5, 5.41) is 3.44. The van der Waals surface area contributed by atoms with E-state index in [2.05, 4.69) is 33.4 Å².